The molecule has 0 saturated heterocycles. The number of halogens is 1. The molecule has 0 aliphatic carbocycles. The third-order valence-corrected chi connectivity index (χ3v) is 4.26. The van der Waals surface area contributed by atoms with Crippen molar-refractivity contribution >= 4 is 45.6 Å². The minimum atomic E-state index is 0.138. The summed E-state index contributed by atoms with van der Waals surface area (Å²) < 4.78 is 5.87. The molecule has 3 aromatic rings. The highest BCUT2D eigenvalue weighted by Gasteiger charge is 2.07. The van der Waals surface area contributed by atoms with Crippen LogP contribution < -0.4 is 4.74 Å². The summed E-state index contributed by atoms with van der Waals surface area (Å²) in [5, 5.41) is 20.6. The monoisotopic (exact) mass is 419 g/mol. The normalized spacial score (nSPS) is 11.2. The quantitative estimate of drug-likeness (QED) is 0.617. The molecular formula is C18H14INO3. The Morgan fingerprint density at radius 1 is 1.09 bits per heavy atom. The van der Waals surface area contributed by atoms with Gasteiger partial charge in [-0.15, -0.1) is 0 Å². The van der Waals surface area contributed by atoms with Gasteiger partial charge in [0.1, 0.15) is 11.3 Å². The van der Waals surface area contributed by atoms with Crippen molar-refractivity contribution in [2.75, 3.05) is 7.11 Å². The first-order chi connectivity index (χ1) is 11.1. The van der Waals surface area contributed by atoms with Gasteiger partial charge in [0.25, 0.3) is 0 Å². The van der Waals surface area contributed by atoms with Crippen molar-refractivity contribution in [2.45, 2.75) is 0 Å². The van der Waals surface area contributed by atoms with Crippen molar-refractivity contribution in [3.8, 4) is 17.2 Å². The lowest BCUT2D eigenvalue weighted by molar-refractivity contribution is 0.371. The van der Waals surface area contributed by atoms with E-state index in [4.69, 9.17) is 4.74 Å². The molecule has 23 heavy (non-hydrogen) atoms. The lowest BCUT2D eigenvalue weighted by Crippen LogP contribution is -1.88. The molecule has 0 saturated carbocycles. The van der Waals surface area contributed by atoms with E-state index >= 15 is 0 Å². The van der Waals surface area contributed by atoms with Gasteiger partial charge < -0.3 is 14.9 Å². The minimum absolute atomic E-state index is 0.138. The molecule has 0 amide bonds. The standard InChI is InChI=1S/C18H14INO3/c1-23-16-10-11(9-14(19)18(16)22)5-7-13-8-6-12-3-2-4-15(21)17(12)20-13/h2-10,21-22H,1H3/b7-5-. The molecular weight excluding hydrogens is 405 g/mol. The second kappa shape index (κ2) is 6.45. The Labute approximate surface area is 147 Å². The van der Waals surface area contributed by atoms with E-state index in [1.807, 2.05) is 36.4 Å². The predicted molar refractivity (Wildman–Crippen MR) is 99.7 cm³/mol. The van der Waals surface area contributed by atoms with Crippen LogP contribution >= 0.6 is 22.6 Å². The molecule has 4 nitrogen and oxygen atoms in total. The van der Waals surface area contributed by atoms with Crippen LogP contribution in [0.15, 0.2) is 42.5 Å². The van der Waals surface area contributed by atoms with E-state index in [0.29, 0.717) is 14.8 Å². The highest BCUT2D eigenvalue weighted by atomic mass is 127. The first-order valence-corrected chi connectivity index (χ1v) is 7.99. The number of aromatic hydroxyl groups is 2. The Balaban J connectivity index is 1.97. The van der Waals surface area contributed by atoms with Crippen molar-refractivity contribution in [2.24, 2.45) is 0 Å². The summed E-state index contributed by atoms with van der Waals surface area (Å²) in [7, 11) is 1.52. The van der Waals surface area contributed by atoms with Crippen LogP contribution in [0, 0.1) is 3.57 Å². The van der Waals surface area contributed by atoms with Crippen LogP contribution in [0.2, 0.25) is 0 Å². The minimum Gasteiger partial charge on any atom is -0.506 e. The number of fused-ring (bicyclic) bond motifs is 1. The summed E-state index contributed by atoms with van der Waals surface area (Å²) in [4.78, 5) is 4.45. The summed E-state index contributed by atoms with van der Waals surface area (Å²) in [5.41, 5.74) is 2.21. The molecule has 0 radical (unpaired) electrons. The van der Waals surface area contributed by atoms with E-state index in [1.54, 1.807) is 18.2 Å². The van der Waals surface area contributed by atoms with Crippen molar-refractivity contribution in [1.29, 1.82) is 0 Å². The molecule has 0 fully saturated rings. The Kier molecular flexibility index (Phi) is 4.38. The van der Waals surface area contributed by atoms with Gasteiger partial charge in [-0.1, -0.05) is 24.3 Å². The smallest absolute Gasteiger partial charge is 0.171 e. The number of hydrogen-bond acceptors (Lipinski definition) is 4. The lowest BCUT2D eigenvalue weighted by Gasteiger charge is -2.06. The maximum absolute atomic E-state index is 9.88. The zero-order chi connectivity index (χ0) is 16.4. The summed E-state index contributed by atoms with van der Waals surface area (Å²) >= 11 is 2.06. The number of nitrogens with zero attached hydrogens (tertiary/aromatic N) is 1. The number of rotatable bonds is 3. The van der Waals surface area contributed by atoms with Crippen LogP contribution in [0.3, 0.4) is 0 Å². The molecule has 0 aliphatic heterocycles. The van der Waals surface area contributed by atoms with E-state index in [2.05, 4.69) is 27.6 Å². The van der Waals surface area contributed by atoms with Gasteiger partial charge in [0.15, 0.2) is 11.5 Å². The number of pyridine rings is 1. The topological polar surface area (TPSA) is 62.6 Å². The number of methoxy groups -OCH3 is 1. The van der Waals surface area contributed by atoms with Gasteiger partial charge in [0.2, 0.25) is 0 Å². The molecule has 0 atom stereocenters. The Morgan fingerprint density at radius 2 is 1.91 bits per heavy atom. The third kappa shape index (κ3) is 3.24. The maximum Gasteiger partial charge on any atom is 0.171 e. The molecule has 1 heterocycles. The molecule has 5 heteroatoms. The number of phenolic OH excluding ortho intramolecular Hbond substituents is 2. The molecule has 116 valence electrons. The summed E-state index contributed by atoms with van der Waals surface area (Å²) in [6.07, 6.45) is 3.74. The fourth-order valence-corrected chi connectivity index (χ4v) is 2.89. The predicted octanol–water partition coefficient (Wildman–Crippen LogP) is 4.43. The van der Waals surface area contributed by atoms with Gasteiger partial charge in [-0.05, 0) is 58.5 Å². The summed E-state index contributed by atoms with van der Waals surface area (Å²) in [6.45, 7) is 0. The van der Waals surface area contributed by atoms with E-state index in [0.717, 1.165) is 16.6 Å². The number of phenols is 2. The SMILES string of the molecule is COc1cc(/C=C\c2ccc3cccc(O)c3n2)cc(I)c1O. The van der Waals surface area contributed by atoms with E-state index in [9.17, 15) is 10.2 Å². The fourth-order valence-electron chi connectivity index (χ4n) is 2.27. The third-order valence-electron chi connectivity index (χ3n) is 3.44. The molecule has 0 unspecified atom stereocenters. The fraction of sp³-hybridized carbons (Fsp3) is 0.0556. The van der Waals surface area contributed by atoms with Gasteiger partial charge in [-0.25, -0.2) is 4.98 Å². The molecule has 3 rings (SSSR count). The van der Waals surface area contributed by atoms with Crippen molar-refractivity contribution in [1.82, 2.24) is 4.98 Å². The molecule has 2 N–H and O–H groups in total. The second-order valence-corrected chi connectivity index (χ2v) is 6.13. The Hall–Kier alpha value is -2.28. The Morgan fingerprint density at radius 3 is 2.70 bits per heavy atom. The van der Waals surface area contributed by atoms with Crippen LogP contribution in [0.4, 0.5) is 0 Å². The maximum atomic E-state index is 9.88. The summed E-state index contributed by atoms with van der Waals surface area (Å²) in [6, 6.07) is 12.7. The van der Waals surface area contributed by atoms with Gasteiger partial charge in [-0.2, -0.15) is 0 Å². The highest BCUT2D eigenvalue weighted by Crippen LogP contribution is 2.33. The first-order valence-electron chi connectivity index (χ1n) is 6.92. The number of aromatic nitrogens is 1. The van der Waals surface area contributed by atoms with Crippen LogP contribution in [0.5, 0.6) is 17.2 Å². The lowest BCUT2D eigenvalue weighted by atomic mass is 10.1. The van der Waals surface area contributed by atoms with Gasteiger partial charge >= 0.3 is 0 Å². The van der Waals surface area contributed by atoms with Crippen molar-refractivity contribution in [3.63, 3.8) is 0 Å². The molecule has 2 aromatic carbocycles. The van der Waals surface area contributed by atoms with E-state index < -0.39 is 0 Å². The number of benzene rings is 2. The average molecular weight is 419 g/mol. The molecule has 0 bridgehead atoms. The van der Waals surface area contributed by atoms with Crippen molar-refractivity contribution < 1.29 is 14.9 Å². The summed E-state index contributed by atoms with van der Waals surface area (Å²) in [5.74, 6) is 0.735. The van der Waals surface area contributed by atoms with E-state index in [-0.39, 0.29) is 11.5 Å². The largest absolute Gasteiger partial charge is 0.506 e. The number of para-hydroxylation sites is 1. The van der Waals surface area contributed by atoms with Gasteiger partial charge in [0, 0.05) is 5.39 Å². The first kappa shape index (κ1) is 15.6. The van der Waals surface area contributed by atoms with E-state index in [1.165, 1.54) is 7.11 Å². The van der Waals surface area contributed by atoms with Crippen LogP contribution in [0.25, 0.3) is 23.1 Å². The Bertz CT molecular complexity index is 906. The van der Waals surface area contributed by atoms with Crippen molar-refractivity contribution in [3.05, 3.63) is 57.3 Å². The molecule has 0 aliphatic rings. The van der Waals surface area contributed by atoms with Crippen LogP contribution in [-0.4, -0.2) is 22.3 Å². The van der Waals surface area contributed by atoms with Crippen LogP contribution in [0.1, 0.15) is 11.3 Å². The zero-order valence-electron chi connectivity index (χ0n) is 12.3. The number of ether oxygens (including phenoxy) is 1. The van der Waals surface area contributed by atoms with Gasteiger partial charge in [-0.3, -0.25) is 0 Å². The van der Waals surface area contributed by atoms with Crippen LogP contribution in [-0.2, 0) is 0 Å². The number of hydrogen-bond donors (Lipinski definition) is 2. The highest BCUT2D eigenvalue weighted by molar-refractivity contribution is 14.1. The second-order valence-electron chi connectivity index (χ2n) is 4.97. The molecule has 0 spiro atoms. The average Bonchev–Trinajstić information content (AvgIpc) is 2.56. The van der Waals surface area contributed by atoms with Gasteiger partial charge in [0.05, 0.1) is 16.4 Å². The zero-order valence-corrected chi connectivity index (χ0v) is 14.5. The molecule has 1 aromatic heterocycles.